The van der Waals surface area contributed by atoms with Gasteiger partial charge in [-0.05, 0) is 38.5 Å². The zero-order chi connectivity index (χ0) is 13.5. The second kappa shape index (κ2) is 10.9. The fourth-order valence-electron chi connectivity index (χ4n) is 3.06. The average Bonchev–Trinajstić information content (AvgIpc) is 2.35. The van der Waals surface area contributed by atoms with Gasteiger partial charge in [0.2, 0.25) is 0 Å². The molecule has 0 spiro atoms. The molecule has 2 aliphatic carbocycles. The number of carbonyl (C=O) groups excluding carboxylic acids is 1. The molecule has 5 radical (unpaired) electrons. The molecule has 0 atom stereocenters. The lowest BCUT2D eigenvalue weighted by atomic mass is 9.93. The maximum atomic E-state index is 12.0. The van der Waals surface area contributed by atoms with E-state index in [2.05, 4.69) is 10.6 Å². The average molecular weight is 295 g/mol. The maximum Gasteiger partial charge on any atom is 0.315 e. The Morgan fingerprint density at radius 3 is 2.00 bits per heavy atom. The Morgan fingerprint density at radius 1 is 0.905 bits per heavy atom. The summed E-state index contributed by atoms with van der Waals surface area (Å²) < 4.78 is 0. The van der Waals surface area contributed by atoms with Crippen LogP contribution in [-0.4, -0.2) is 23.3 Å². The van der Waals surface area contributed by atoms with E-state index in [0.29, 0.717) is 0 Å². The van der Waals surface area contributed by atoms with Crippen molar-refractivity contribution in [2.75, 3.05) is 0 Å². The minimum absolute atomic E-state index is 0. The van der Waals surface area contributed by atoms with Crippen molar-refractivity contribution in [2.24, 2.45) is 0 Å². The molecule has 2 rings (SSSR count). The molecule has 0 aromatic carbocycles. The van der Waals surface area contributed by atoms with E-state index in [4.69, 9.17) is 0 Å². The van der Waals surface area contributed by atoms with E-state index in [1.54, 1.807) is 0 Å². The van der Waals surface area contributed by atoms with Gasteiger partial charge in [0.05, 0.1) is 12.1 Å². The number of rotatable bonds is 2. The molecular formula is C17H31N2O2. The van der Waals surface area contributed by atoms with Crippen LogP contribution in [0.2, 0.25) is 0 Å². The van der Waals surface area contributed by atoms with Crippen LogP contribution in [0.25, 0.3) is 0 Å². The van der Waals surface area contributed by atoms with Crippen LogP contribution in [-0.2, 0) is 0 Å². The van der Waals surface area contributed by atoms with E-state index in [-0.39, 0.29) is 33.0 Å². The standard InChI is InChI=1S/C15H27N2O2.2CH2/c18-14-10-8-13(9-11-14)17-15(19)16-12-6-4-2-1-3-5-7-12;;/h13-14,18H,1-11H2,(H2,16,17,19);2*1H2. The van der Waals surface area contributed by atoms with Crippen molar-refractivity contribution < 1.29 is 9.90 Å². The summed E-state index contributed by atoms with van der Waals surface area (Å²) in [4.78, 5) is 12.0. The molecule has 0 saturated heterocycles. The van der Waals surface area contributed by atoms with E-state index < -0.39 is 0 Å². The van der Waals surface area contributed by atoms with Crippen molar-refractivity contribution >= 4 is 6.03 Å². The molecule has 2 amide bonds. The van der Waals surface area contributed by atoms with Crippen LogP contribution in [0.1, 0.15) is 70.6 Å². The van der Waals surface area contributed by atoms with Crippen LogP contribution in [0.4, 0.5) is 4.79 Å². The summed E-state index contributed by atoms with van der Waals surface area (Å²) in [6, 6.07) is 1.39. The first-order valence-electron chi connectivity index (χ1n) is 7.84. The van der Waals surface area contributed by atoms with Crippen molar-refractivity contribution in [3.8, 4) is 0 Å². The molecular weight excluding hydrogens is 264 g/mol. The molecule has 0 aliphatic heterocycles. The second-order valence-electron chi connectivity index (χ2n) is 5.98. The molecule has 3 N–H and O–H groups in total. The van der Waals surface area contributed by atoms with Crippen LogP contribution in [0.15, 0.2) is 0 Å². The van der Waals surface area contributed by atoms with Crippen LogP contribution in [0.3, 0.4) is 0 Å². The zero-order valence-corrected chi connectivity index (χ0v) is 13.2. The zero-order valence-electron chi connectivity index (χ0n) is 13.2. The normalized spacial score (nSPS) is 27.3. The van der Waals surface area contributed by atoms with Gasteiger partial charge in [-0.2, -0.15) is 0 Å². The minimum Gasteiger partial charge on any atom is -0.393 e. The first kappa shape index (κ1) is 20.2. The van der Waals surface area contributed by atoms with Crippen LogP contribution >= 0.6 is 0 Å². The molecule has 0 heterocycles. The number of amides is 2. The maximum absolute atomic E-state index is 12.0. The molecule has 21 heavy (non-hydrogen) atoms. The Kier molecular flexibility index (Phi) is 10.5. The summed E-state index contributed by atoms with van der Waals surface area (Å²) >= 11 is 0. The van der Waals surface area contributed by atoms with Gasteiger partial charge in [0.15, 0.2) is 0 Å². The molecule has 4 nitrogen and oxygen atoms in total. The summed E-state index contributed by atoms with van der Waals surface area (Å²) in [6.07, 6.45) is 11.6. The Bertz CT molecular complexity index is 268. The lowest BCUT2D eigenvalue weighted by Gasteiger charge is -2.27. The highest BCUT2D eigenvalue weighted by Gasteiger charge is 2.22. The summed E-state index contributed by atoms with van der Waals surface area (Å²) in [5.41, 5.74) is 0. The van der Waals surface area contributed by atoms with Gasteiger partial charge in [0.1, 0.15) is 0 Å². The van der Waals surface area contributed by atoms with Crippen molar-refractivity contribution in [3.63, 3.8) is 0 Å². The van der Waals surface area contributed by atoms with E-state index in [1.807, 2.05) is 0 Å². The lowest BCUT2D eigenvalue weighted by molar-refractivity contribution is 0.117. The third-order valence-electron chi connectivity index (χ3n) is 4.28. The summed E-state index contributed by atoms with van der Waals surface area (Å²) in [6.45, 7) is 0. The predicted molar refractivity (Wildman–Crippen MR) is 86.2 cm³/mol. The molecule has 2 fully saturated rings. The van der Waals surface area contributed by atoms with Gasteiger partial charge >= 0.3 is 6.03 Å². The van der Waals surface area contributed by atoms with Crippen molar-refractivity contribution in [3.05, 3.63) is 20.9 Å². The number of urea groups is 1. The summed E-state index contributed by atoms with van der Waals surface area (Å²) in [5.74, 6) is 0. The third-order valence-corrected chi connectivity index (χ3v) is 4.28. The first-order chi connectivity index (χ1) is 9.24. The highest BCUT2D eigenvalue weighted by Crippen LogP contribution is 2.22. The SMILES string of the molecule is O=C(N[C]1CCCCCCC1)NC1CCC(O)CC1.[CH2].[CH2]. The molecule has 121 valence electrons. The number of nitrogens with one attached hydrogen (secondary N) is 2. The largest absolute Gasteiger partial charge is 0.393 e. The van der Waals surface area contributed by atoms with Crippen molar-refractivity contribution in [1.29, 1.82) is 0 Å². The highest BCUT2D eigenvalue weighted by atomic mass is 16.3. The first-order valence-corrected chi connectivity index (χ1v) is 7.84. The Hall–Kier alpha value is -0.770. The van der Waals surface area contributed by atoms with Gasteiger partial charge in [-0.1, -0.05) is 47.0 Å². The topological polar surface area (TPSA) is 61.4 Å². The van der Waals surface area contributed by atoms with Gasteiger partial charge in [-0.15, -0.1) is 0 Å². The molecule has 0 aromatic heterocycles. The number of hydrogen-bond acceptors (Lipinski definition) is 2. The molecule has 2 saturated carbocycles. The van der Waals surface area contributed by atoms with Gasteiger partial charge in [-0.25, -0.2) is 4.79 Å². The number of aliphatic hydroxyl groups excluding tert-OH is 1. The smallest absolute Gasteiger partial charge is 0.315 e. The Balaban J connectivity index is 0.00000200. The molecule has 2 aliphatic rings. The quantitative estimate of drug-likeness (QED) is 0.730. The Morgan fingerprint density at radius 2 is 1.43 bits per heavy atom. The molecule has 4 heteroatoms. The van der Waals surface area contributed by atoms with E-state index in [0.717, 1.165) is 38.5 Å². The number of aliphatic hydroxyl groups is 1. The van der Waals surface area contributed by atoms with Crippen LogP contribution in [0.5, 0.6) is 0 Å². The summed E-state index contributed by atoms with van der Waals surface area (Å²) in [5, 5.41) is 15.5. The van der Waals surface area contributed by atoms with E-state index in [9.17, 15) is 9.90 Å². The monoisotopic (exact) mass is 295 g/mol. The third kappa shape index (κ3) is 7.70. The molecule has 0 aromatic rings. The lowest BCUT2D eigenvalue weighted by Crippen LogP contribution is -2.45. The molecule has 0 bridgehead atoms. The molecule has 0 unspecified atom stereocenters. The van der Waals surface area contributed by atoms with Gasteiger partial charge in [-0.3, -0.25) is 0 Å². The Labute approximate surface area is 131 Å². The minimum atomic E-state index is -0.166. The summed E-state index contributed by atoms with van der Waals surface area (Å²) in [7, 11) is 0. The van der Waals surface area contributed by atoms with E-state index >= 15 is 0 Å². The number of carbonyl (C=O) groups is 1. The fraction of sp³-hybridized carbons (Fsp3) is 0.765. The van der Waals surface area contributed by atoms with Crippen molar-refractivity contribution in [1.82, 2.24) is 10.6 Å². The highest BCUT2D eigenvalue weighted by molar-refractivity contribution is 5.75. The van der Waals surface area contributed by atoms with E-state index in [1.165, 1.54) is 38.1 Å². The van der Waals surface area contributed by atoms with Crippen LogP contribution < -0.4 is 10.6 Å². The number of hydrogen-bond donors (Lipinski definition) is 3. The predicted octanol–water partition coefficient (Wildman–Crippen LogP) is 3.52. The fourth-order valence-corrected chi connectivity index (χ4v) is 3.06. The second-order valence-corrected chi connectivity index (χ2v) is 5.98. The van der Waals surface area contributed by atoms with Gasteiger partial charge in [0, 0.05) is 6.04 Å². The van der Waals surface area contributed by atoms with Gasteiger partial charge in [0.25, 0.3) is 0 Å². The van der Waals surface area contributed by atoms with Gasteiger partial charge < -0.3 is 15.7 Å². The van der Waals surface area contributed by atoms with Crippen LogP contribution in [0, 0.1) is 20.9 Å². The van der Waals surface area contributed by atoms with Crippen molar-refractivity contribution in [2.45, 2.75) is 82.8 Å².